The Labute approximate surface area is 148 Å². The second-order valence-corrected chi connectivity index (χ2v) is 6.50. The Balaban J connectivity index is 1.87. The molecule has 0 saturated heterocycles. The fourth-order valence-electron chi connectivity index (χ4n) is 2.47. The molecule has 0 spiro atoms. The second-order valence-electron chi connectivity index (χ2n) is 5.25. The van der Waals surface area contributed by atoms with Crippen molar-refractivity contribution in [2.24, 2.45) is 0 Å². The predicted octanol–water partition coefficient (Wildman–Crippen LogP) is 4.52. The van der Waals surface area contributed by atoms with Crippen LogP contribution in [-0.2, 0) is 11.2 Å². The van der Waals surface area contributed by atoms with E-state index in [4.69, 9.17) is 4.74 Å². The van der Waals surface area contributed by atoms with Crippen LogP contribution in [0.5, 0.6) is 5.75 Å². The van der Waals surface area contributed by atoms with Crippen LogP contribution >= 0.6 is 22.6 Å². The maximum Gasteiger partial charge on any atom is 0.345 e. The molecule has 4 heteroatoms. The molecule has 3 rings (SSSR count). The zero-order valence-corrected chi connectivity index (χ0v) is 14.4. The topological polar surface area (TPSA) is 46.5 Å². The van der Waals surface area contributed by atoms with Gasteiger partial charge < -0.3 is 9.84 Å². The SMILES string of the molecule is O=C(O)C(Cc1ccc(I)cc1)Oc1cccc2ccccc12. The summed E-state index contributed by atoms with van der Waals surface area (Å²) in [5, 5.41) is 11.4. The monoisotopic (exact) mass is 418 g/mol. The van der Waals surface area contributed by atoms with Crippen LogP contribution < -0.4 is 4.74 Å². The minimum absolute atomic E-state index is 0.329. The van der Waals surface area contributed by atoms with Gasteiger partial charge in [-0.2, -0.15) is 0 Å². The molecule has 0 heterocycles. The first-order valence-corrected chi connectivity index (χ1v) is 8.33. The van der Waals surface area contributed by atoms with Crippen LogP contribution in [0.2, 0.25) is 0 Å². The minimum atomic E-state index is -0.962. The molecule has 0 fully saturated rings. The van der Waals surface area contributed by atoms with E-state index >= 15 is 0 Å². The standard InChI is InChI=1S/C19H15IO3/c20-15-10-8-13(9-11-15)12-18(19(21)22)23-17-7-3-5-14-4-1-2-6-16(14)17/h1-11,18H,12H2,(H,21,22). The average Bonchev–Trinajstić information content (AvgIpc) is 2.56. The molecule has 0 aliphatic rings. The molecule has 0 aliphatic carbocycles. The summed E-state index contributed by atoms with van der Waals surface area (Å²) in [7, 11) is 0. The molecule has 3 aromatic rings. The van der Waals surface area contributed by atoms with E-state index in [1.54, 1.807) is 0 Å². The summed E-state index contributed by atoms with van der Waals surface area (Å²) >= 11 is 2.22. The van der Waals surface area contributed by atoms with Gasteiger partial charge in [0.25, 0.3) is 0 Å². The summed E-state index contributed by atoms with van der Waals surface area (Å²) < 4.78 is 6.94. The second kappa shape index (κ2) is 7.00. The number of carboxylic acid groups (broad SMARTS) is 1. The van der Waals surface area contributed by atoms with Gasteiger partial charge in [0.1, 0.15) is 5.75 Å². The molecule has 1 unspecified atom stereocenters. The zero-order chi connectivity index (χ0) is 16.2. The van der Waals surface area contributed by atoms with E-state index < -0.39 is 12.1 Å². The van der Waals surface area contributed by atoms with Gasteiger partial charge in [0, 0.05) is 15.4 Å². The fourth-order valence-corrected chi connectivity index (χ4v) is 2.83. The molecule has 0 radical (unpaired) electrons. The Morgan fingerprint density at radius 1 is 1.00 bits per heavy atom. The molecule has 23 heavy (non-hydrogen) atoms. The van der Waals surface area contributed by atoms with Crippen LogP contribution in [0.4, 0.5) is 0 Å². The van der Waals surface area contributed by atoms with Gasteiger partial charge in [-0.25, -0.2) is 4.79 Å². The number of benzene rings is 3. The Morgan fingerprint density at radius 2 is 1.70 bits per heavy atom. The first kappa shape index (κ1) is 15.8. The smallest absolute Gasteiger partial charge is 0.345 e. The molecule has 1 N–H and O–H groups in total. The van der Waals surface area contributed by atoms with E-state index in [1.165, 1.54) is 0 Å². The number of fused-ring (bicyclic) bond motifs is 1. The van der Waals surface area contributed by atoms with Crippen molar-refractivity contribution >= 4 is 39.3 Å². The van der Waals surface area contributed by atoms with Gasteiger partial charge in [0.15, 0.2) is 6.10 Å². The van der Waals surface area contributed by atoms with Crippen molar-refractivity contribution in [2.45, 2.75) is 12.5 Å². The van der Waals surface area contributed by atoms with Gasteiger partial charge in [0.2, 0.25) is 0 Å². The molecule has 0 aromatic heterocycles. The molecule has 0 aliphatic heterocycles. The quantitative estimate of drug-likeness (QED) is 0.620. The van der Waals surface area contributed by atoms with Crippen molar-refractivity contribution in [3.63, 3.8) is 0 Å². The van der Waals surface area contributed by atoms with E-state index in [9.17, 15) is 9.90 Å². The van der Waals surface area contributed by atoms with Crippen molar-refractivity contribution in [2.75, 3.05) is 0 Å². The van der Waals surface area contributed by atoms with Crippen LogP contribution in [0.3, 0.4) is 0 Å². The fraction of sp³-hybridized carbons (Fsp3) is 0.105. The summed E-state index contributed by atoms with van der Waals surface area (Å²) in [6.45, 7) is 0. The van der Waals surface area contributed by atoms with Crippen molar-refractivity contribution in [1.29, 1.82) is 0 Å². The molecule has 0 saturated carbocycles. The van der Waals surface area contributed by atoms with Gasteiger partial charge in [0.05, 0.1) is 0 Å². The van der Waals surface area contributed by atoms with Crippen LogP contribution in [0.1, 0.15) is 5.56 Å². The first-order valence-electron chi connectivity index (χ1n) is 7.25. The molecule has 0 amide bonds. The molecule has 3 nitrogen and oxygen atoms in total. The molecule has 0 bridgehead atoms. The Hall–Kier alpha value is -2.08. The van der Waals surface area contributed by atoms with E-state index in [0.29, 0.717) is 12.2 Å². The van der Waals surface area contributed by atoms with Crippen LogP contribution in [-0.4, -0.2) is 17.2 Å². The normalized spacial score (nSPS) is 12.0. The maximum atomic E-state index is 11.6. The number of hydrogen-bond donors (Lipinski definition) is 1. The molecule has 1 atom stereocenters. The van der Waals surface area contributed by atoms with E-state index in [1.807, 2.05) is 66.7 Å². The van der Waals surface area contributed by atoms with Crippen molar-refractivity contribution in [3.05, 3.63) is 75.9 Å². The van der Waals surface area contributed by atoms with Gasteiger partial charge in [-0.05, 0) is 51.7 Å². The highest BCUT2D eigenvalue weighted by Crippen LogP contribution is 2.26. The van der Waals surface area contributed by atoms with E-state index in [0.717, 1.165) is 19.9 Å². The van der Waals surface area contributed by atoms with E-state index in [-0.39, 0.29) is 0 Å². The van der Waals surface area contributed by atoms with Crippen molar-refractivity contribution in [3.8, 4) is 5.75 Å². The summed E-state index contributed by atoms with van der Waals surface area (Å²) in [6.07, 6.45) is -0.587. The average molecular weight is 418 g/mol. The van der Waals surface area contributed by atoms with Crippen molar-refractivity contribution < 1.29 is 14.6 Å². The number of hydrogen-bond acceptors (Lipinski definition) is 2. The Kier molecular flexibility index (Phi) is 4.81. The Morgan fingerprint density at radius 3 is 2.43 bits per heavy atom. The van der Waals surface area contributed by atoms with Crippen LogP contribution in [0.15, 0.2) is 66.7 Å². The number of carbonyl (C=O) groups is 1. The summed E-state index contributed by atoms with van der Waals surface area (Å²) in [4.78, 5) is 11.6. The van der Waals surface area contributed by atoms with Crippen molar-refractivity contribution in [1.82, 2.24) is 0 Å². The summed E-state index contributed by atoms with van der Waals surface area (Å²) in [6, 6.07) is 21.3. The Bertz CT molecular complexity index is 822. The number of ether oxygens (including phenoxy) is 1. The predicted molar refractivity (Wildman–Crippen MR) is 98.9 cm³/mol. The third-order valence-electron chi connectivity index (χ3n) is 3.63. The minimum Gasteiger partial charge on any atom is -0.478 e. The number of carboxylic acids is 1. The van der Waals surface area contributed by atoms with Gasteiger partial charge >= 0.3 is 5.97 Å². The first-order chi connectivity index (χ1) is 11.1. The molecular weight excluding hydrogens is 403 g/mol. The largest absolute Gasteiger partial charge is 0.478 e. The van der Waals surface area contributed by atoms with Crippen LogP contribution in [0.25, 0.3) is 10.8 Å². The third-order valence-corrected chi connectivity index (χ3v) is 4.35. The molecule has 3 aromatic carbocycles. The molecular formula is C19H15IO3. The van der Waals surface area contributed by atoms with Gasteiger partial charge in [-0.3, -0.25) is 0 Å². The lowest BCUT2D eigenvalue weighted by Crippen LogP contribution is -2.29. The number of aliphatic carboxylic acids is 1. The number of rotatable bonds is 5. The third kappa shape index (κ3) is 3.82. The van der Waals surface area contributed by atoms with Gasteiger partial charge in [-0.15, -0.1) is 0 Å². The summed E-state index contributed by atoms with van der Waals surface area (Å²) in [5.41, 5.74) is 0.943. The molecule has 116 valence electrons. The van der Waals surface area contributed by atoms with Crippen LogP contribution in [0, 0.1) is 3.57 Å². The maximum absolute atomic E-state index is 11.6. The lowest BCUT2D eigenvalue weighted by molar-refractivity contribution is -0.144. The highest BCUT2D eigenvalue weighted by Gasteiger charge is 2.21. The summed E-state index contributed by atoms with van der Waals surface area (Å²) in [5.74, 6) is -0.363. The highest BCUT2D eigenvalue weighted by molar-refractivity contribution is 14.1. The number of halogens is 1. The highest BCUT2D eigenvalue weighted by atomic mass is 127. The lowest BCUT2D eigenvalue weighted by atomic mass is 10.1. The lowest BCUT2D eigenvalue weighted by Gasteiger charge is -2.17. The van der Waals surface area contributed by atoms with E-state index in [2.05, 4.69) is 22.6 Å². The zero-order valence-electron chi connectivity index (χ0n) is 12.3. The van der Waals surface area contributed by atoms with Gasteiger partial charge in [-0.1, -0.05) is 48.5 Å².